The van der Waals surface area contributed by atoms with Crippen molar-refractivity contribution in [2.45, 2.75) is 9.79 Å². The van der Waals surface area contributed by atoms with Crippen molar-refractivity contribution in [3.05, 3.63) is 84.9 Å². The number of aromatic hydroxyl groups is 2. The van der Waals surface area contributed by atoms with Gasteiger partial charge in [0.05, 0.1) is 11.4 Å². The molecule has 0 atom stereocenters. The number of hydrogen-bond donors (Lipinski definition) is 4. The molecule has 0 heterocycles. The fraction of sp³-hybridized carbons (Fsp3) is 0. The molecule has 4 N–H and O–H groups in total. The molecular formula is C26H18N4O8S2. The maximum atomic E-state index is 11.7. The van der Waals surface area contributed by atoms with E-state index >= 15 is 0 Å². The summed E-state index contributed by atoms with van der Waals surface area (Å²) in [4.78, 5) is -0.594. The Morgan fingerprint density at radius 3 is 1.18 bits per heavy atom. The molecule has 0 aliphatic heterocycles. The van der Waals surface area contributed by atoms with Crippen LogP contribution in [0.3, 0.4) is 0 Å². The van der Waals surface area contributed by atoms with E-state index in [4.69, 9.17) is 0 Å². The third kappa shape index (κ3) is 5.23. The van der Waals surface area contributed by atoms with Crippen LogP contribution in [0.2, 0.25) is 0 Å². The maximum Gasteiger partial charge on any atom is 0.295 e. The molecule has 0 spiro atoms. The number of nitrogens with zero attached hydrogens (tertiary/aromatic N) is 4. The van der Waals surface area contributed by atoms with Crippen molar-refractivity contribution in [3.8, 4) is 11.5 Å². The van der Waals surface area contributed by atoms with Gasteiger partial charge in [-0.25, -0.2) is 0 Å². The van der Waals surface area contributed by atoms with Gasteiger partial charge in [0.1, 0.15) is 32.7 Å². The van der Waals surface area contributed by atoms with E-state index in [-0.39, 0.29) is 43.3 Å². The van der Waals surface area contributed by atoms with Gasteiger partial charge < -0.3 is 10.2 Å². The Kier molecular flexibility index (Phi) is 6.77. The van der Waals surface area contributed by atoms with E-state index in [1.54, 1.807) is 36.4 Å². The van der Waals surface area contributed by atoms with Gasteiger partial charge in [-0.05, 0) is 24.3 Å². The van der Waals surface area contributed by atoms with E-state index in [0.29, 0.717) is 10.8 Å². The van der Waals surface area contributed by atoms with Gasteiger partial charge in [-0.3, -0.25) is 9.11 Å². The Balaban J connectivity index is 1.53. The largest absolute Gasteiger partial charge is 0.505 e. The number of fused-ring (bicyclic) bond motifs is 2. The highest BCUT2D eigenvalue weighted by atomic mass is 32.2. The molecule has 0 aliphatic carbocycles. The number of azo groups is 2. The lowest BCUT2D eigenvalue weighted by Crippen LogP contribution is -1.98. The first-order valence-corrected chi connectivity index (χ1v) is 14.2. The normalized spacial score (nSPS) is 12.7. The van der Waals surface area contributed by atoms with Gasteiger partial charge in [0, 0.05) is 33.7 Å². The van der Waals surface area contributed by atoms with Gasteiger partial charge >= 0.3 is 0 Å². The maximum absolute atomic E-state index is 11.7. The van der Waals surface area contributed by atoms with Crippen molar-refractivity contribution in [3.63, 3.8) is 0 Å². The fourth-order valence-electron chi connectivity index (χ4n) is 4.07. The van der Waals surface area contributed by atoms with Crippen molar-refractivity contribution in [1.29, 1.82) is 0 Å². The van der Waals surface area contributed by atoms with Crippen LogP contribution in [-0.4, -0.2) is 36.2 Å². The van der Waals surface area contributed by atoms with Crippen molar-refractivity contribution in [1.82, 2.24) is 0 Å². The SMILES string of the molecule is O=S(=O)(O)c1ccc(N=Nc2cc(N=Nc3ccc(S(=O)(=O)O)c4ccccc34)c(O)cc2O)c2ccccc12. The molecule has 0 unspecified atom stereocenters. The first-order valence-electron chi connectivity index (χ1n) is 11.3. The highest BCUT2D eigenvalue weighted by molar-refractivity contribution is 7.86. The van der Waals surface area contributed by atoms with E-state index < -0.39 is 31.7 Å². The summed E-state index contributed by atoms with van der Waals surface area (Å²) in [5, 5.41) is 38.1. The Labute approximate surface area is 227 Å². The van der Waals surface area contributed by atoms with Gasteiger partial charge in [0.25, 0.3) is 20.2 Å². The minimum absolute atomic E-state index is 0.0960. The van der Waals surface area contributed by atoms with Crippen LogP contribution in [0.1, 0.15) is 0 Å². The second kappa shape index (κ2) is 10.1. The summed E-state index contributed by atoms with van der Waals surface area (Å²) in [7, 11) is -8.98. The number of rotatable bonds is 6. The van der Waals surface area contributed by atoms with E-state index in [2.05, 4.69) is 20.5 Å². The van der Waals surface area contributed by atoms with Gasteiger partial charge in [-0.15, -0.1) is 20.5 Å². The average Bonchev–Trinajstić information content (AvgIpc) is 2.90. The van der Waals surface area contributed by atoms with E-state index in [1.807, 2.05) is 0 Å². The molecular weight excluding hydrogens is 560 g/mol. The smallest absolute Gasteiger partial charge is 0.295 e. The predicted molar refractivity (Wildman–Crippen MR) is 146 cm³/mol. The lowest BCUT2D eigenvalue weighted by molar-refractivity contribution is 0.452. The molecule has 0 radical (unpaired) electrons. The summed E-state index contributed by atoms with van der Waals surface area (Å²) in [6, 6.07) is 19.9. The van der Waals surface area contributed by atoms with Gasteiger partial charge in [0.2, 0.25) is 0 Å². The summed E-state index contributed by atoms with van der Waals surface area (Å²) >= 11 is 0. The minimum Gasteiger partial charge on any atom is -0.505 e. The lowest BCUT2D eigenvalue weighted by atomic mass is 10.1. The van der Waals surface area contributed by atoms with Crippen LogP contribution in [0.25, 0.3) is 21.5 Å². The van der Waals surface area contributed by atoms with Crippen LogP contribution in [0.5, 0.6) is 11.5 Å². The number of phenols is 2. The third-order valence-electron chi connectivity index (χ3n) is 5.88. The monoisotopic (exact) mass is 578 g/mol. The quantitative estimate of drug-likeness (QED) is 0.125. The fourth-order valence-corrected chi connectivity index (χ4v) is 5.46. The summed E-state index contributed by atoms with van der Waals surface area (Å²) in [5.41, 5.74) is 0.288. The van der Waals surface area contributed by atoms with Crippen LogP contribution in [-0.2, 0) is 20.2 Å². The standard InChI is InChI=1S/C26H18N4O8S2/c31-23-14-24(32)22(30-28-20-10-12-26(40(36,37)38)18-8-4-2-6-16(18)20)13-21(23)29-27-19-9-11-25(39(33,34)35)17-7-3-1-5-15(17)19/h1-14,31-32H,(H,33,34,35)(H,36,37,38). The zero-order valence-electron chi connectivity index (χ0n) is 20.1. The summed E-state index contributed by atoms with van der Waals surface area (Å²) in [6.45, 7) is 0. The van der Waals surface area contributed by atoms with Gasteiger partial charge in [-0.1, -0.05) is 48.5 Å². The summed E-state index contributed by atoms with van der Waals surface area (Å²) in [5.74, 6) is -0.857. The molecule has 12 nitrogen and oxygen atoms in total. The van der Waals surface area contributed by atoms with Crippen LogP contribution >= 0.6 is 0 Å². The van der Waals surface area contributed by atoms with Crippen molar-refractivity contribution in [2.75, 3.05) is 0 Å². The Morgan fingerprint density at radius 1 is 0.450 bits per heavy atom. The molecule has 40 heavy (non-hydrogen) atoms. The Hall–Kier alpha value is -4.76. The van der Waals surface area contributed by atoms with E-state index in [1.165, 1.54) is 42.5 Å². The first-order chi connectivity index (χ1) is 18.9. The molecule has 0 aliphatic rings. The molecule has 5 rings (SSSR count). The lowest BCUT2D eigenvalue weighted by Gasteiger charge is -2.07. The predicted octanol–water partition coefficient (Wildman–Crippen LogP) is 6.73. The zero-order valence-corrected chi connectivity index (χ0v) is 21.7. The van der Waals surface area contributed by atoms with Crippen LogP contribution < -0.4 is 0 Å². The van der Waals surface area contributed by atoms with Crippen LogP contribution in [0.4, 0.5) is 22.7 Å². The number of hydrogen-bond acceptors (Lipinski definition) is 10. The highest BCUT2D eigenvalue weighted by Crippen LogP contribution is 2.41. The molecule has 202 valence electrons. The second-order valence-electron chi connectivity index (χ2n) is 8.44. The molecule has 0 fully saturated rings. The van der Waals surface area contributed by atoms with E-state index in [9.17, 15) is 36.2 Å². The van der Waals surface area contributed by atoms with E-state index in [0.717, 1.165) is 6.07 Å². The molecule has 0 saturated heterocycles. The zero-order chi connectivity index (χ0) is 28.7. The molecule has 14 heteroatoms. The van der Waals surface area contributed by atoms with Crippen molar-refractivity contribution < 1.29 is 36.2 Å². The Bertz CT molecular complexity index is 1950. The van der Waals surface area contributed by atoms with Crippen LogP contribution in [0.15, 0.2) is 115 Å². The number of phenolic OH excluding ortho intramolecular Hbond substituents is 2. The molecule has 0 bridgehead atoms. The van der Waals surface area contributed by atoms with Crippen LogP contribution in [0, 0.1) is 0 Å². The van der Waals surface area contributed by atoms with Gasteiger partial charge in [-0.2, -0.15) is 16.8 Å². The minimum atomic E-state index is -4.49. The summed E-state index contributed by atoms with van der Waals surface area (Å²) in [6.07, 6.45) is 0. The summed E-state index contributed by atoms with van der Waals surface area (Å²) < 4.78 is 66.0. The second-order valence-corrected chi connectivity index (χ2v) is 11.2. The molecule has 5 aromatic rings. The molecule has 0 amide bonds. The highest BCUT2D eigenvalue weighted by Gasteiger charge is 2.17. The topological polar surface area (TPSA) is 199 Å². The molecule has 5 aromatic carbocycles. The first kappa shape index (κ1) is 26.8. The van der Waals surface area contributed by atoms with Gasteiger partial charge in [0.15, 0.2) is 0 Å². The Morgan fingerprint density at radius 2 is 0.800 bits per heavy atom. The molecule has 0 saturated carbocycles. The average molecular weight is 579 g/mol. The molecule has 0 aromatic heterocycles. The number of benzene rings is 5. The van der Waals surface area contributed by atoms with Crippen molar-refractivity contribution in [2.24, 2.45) is 20.5 Å². The van der Waals surface area contributed by atoms with Crippen molar-refractivity contribution >= 4 is 64.5 Å². The third-order valence-corrected chi connectivity index (χ3v) is 7.70.